The molecule has 1 atom stereocenters. The normalized spacial score (nSPS) is 12.4. The van der Waals surface area contributed by atoms with Crippen molar-refractivity contribution in [1.82, 2.24) is 10.2 Å². The molecule has 6 heteroatoms. The van der Waals surface area contributed by atoms with Gasteiger partial charge in [0, 0.05) is 6.54 Å². The standard InChI is InChI=1S/C32H62N2O4/c1-4-7-10-11-12-13-14-15-16-17-18-19-20-21-22-23-24-33-30(29-31(35)36)32(37)38-28-27-34(25-8-5-2)26-9-6-3/h15-16,30,33H,4-14,17-29H2,1-3H3,(H,35,36)/b16-15-. The highest BCUT2D eigenvalue weighted by molar-refractivity contribution is 5.81. The molecular weight excluding hydrogens is 476 g/mol. The van der Waals surface area contributed by atoms with Gasteiger partial charge in [0.15, 0.2) is 0 Å². The summed E-state index contributed by atoms with van der Waals surface area (Å²) in [5, 5.41) is 12.4. The first-order chi connectivity index (χ1) is 18.5. The highest BCUT2D eigenvalue weighted by Gasteiger charge is 2.22. The van der Waals surface area contributed by atoms with Gasteiger partial charge in [-0.1, -0.05) is 104 Å². The predicted octanol–water partition coefficient (Wildman–Crippen LogP) is 7.90. The summed E-state index contributed by atoms with van der Waals surface area (Å²) in [4.78, 5) is 26.1. The molecule has 0 aromatic carbocycles. The van der Waals surface area contributed by atoms with E-state index in [1.807, 2.05) is 0 Å². The quantitative estimate of drug-likeness (QED) is 0.0572. The van der Waals surface area contributed by atoms with Crippen LogP contribution in [-0.4, -0.2) is 60.8 Å². The average Bonchev–Trinajstić information content (AvgIpc) is 2.90. The third-order valence-corrected chi connectivity index (χ3v) is 7.05. The minimum atomic E-state index is -0.979. The lowest BCUT2D eigenvalue weighted by Crippen LogP contribution is -2.41. The molecule has 0 radical (unpaired) electrons. The lowest BCUT2D eigenvalue weighted by Gasteiger charge is -2.22. The number of carbonyl (C=O) groups is 2. The second-order valence-corrected chi connectivity index (χ2v) is 10.8. The van der Waals surface area contributed by atoms with Crippen molar-refractivity contribution < 1.29 is 19.4 Å². The third kappa shape index (κ3) is 24.9. The first-order valence-electron chi connectivity index (χ1n) is 16.0. The number of allylic oxidation sites excluding steroid dienone is 2. The molecule has 0 aliphatic carbocycles. The lowest BCUT2D eigenvalue weighted by molar-refractivity contribution is -0.150. The van der Waals surface area contributed by atoms with Gasteiger partial charge in [0.05, 0.1) is 6.42 Å². The Morgan fingerprint density at radius 3 is 1.74 bits per heavy atom. The van der Waals surface area contributed by atoms with Crippen molar-refractivity contribution >= 4 is 11.9 Å². The topological polar surface area (TPSA) is 78.9 Å². The summed E-state index contributed by atoms with van der Waals surface area (Å²) in [6.45, 7) is 10.3. The van der Waals surface area contributed by atoms with Crippen LogP contribution in [0.4, 0.5) is 0 Å². The molecule has 0 aliphatic heterocycles. The maximum Gasteiger partial charge on any atom is 0.323 e. The van der Waals surface area contributed by atoms with E-state index in [-0.39, 0.29) is 6.42 Å². The molecule has 0 aliphatic rings. The molecule has 38 heavy (non-hydrogen) atoms. The van der Waals surface area contributed by atoms with Crippen molar-refractivity contribution in [3.05, 3.63) is 12.2 Å². The van der Waals surface area contributed by atoms with Crippen molar-refractivity contribution in [3.63, 3.8) is 0 Å². The summed E-state index contributed by atoms with van der Waals surface area (Å²) in [5.41, 5.74) is 0. The highest BCUT2D eigenvalue weighted by Crippen LogP contribution is 2.10. The Kier molecular flexibility index (Phi) is 27.6. The summed E-state index contributed by atoms with van der Waals surface area (Å²) in [6, 6.07) is -0.768. The number of rotatable bonds is 29. The van der Waals surface area contributed by atoms with Gasteiger partial charge in [-0.2, -0.15) is 0 Å². The van der Waals surface area contributed by atoms with Crippen LogP contribution in [0.1, 0.15) is 143 Å². The van der Waals surface area contributed by atoms with Crippen LogP contribution in [0.3, 0.4) is 0 Å². The number of hydrogen-bond acceptors (Lipinski definition) is 5. The zero-order valence-corrected chi connectivity index (χ0v) is 25.3. The van der Waals surface area contributed by atoms with E-state index in [4.69, 9.17) is 4.74 Å². The summed E-state index contributed by atoms with van der Waals surface area (Å²) < 4.78 is 5.47. The van der Waals surface area contributed by atoms with Gasteiger partial charge >= 0.3 is 11.9 Å². The van der Waals surface area contributed by atoms with E-state index in [1.165, 1.54) is 77.0 Å². The summed E-state index contributed by atoms with van der Waals surface area (Å²) in [5.74, 6) is -1.42. The Balaban J connectivity index is 3.91. The van der Waals surface area contributed by atoms with Crippen LogP contribution in [0.5, 0.6) is 0 Å². The first-order valence-corrected chi connectivity index (χ1v) is 16.0. The van der Waals surface area contributed by atoms with Crippen LogP contribution >= 0.6 is 0 Å². The Bertz CT molecular complexity index is 560. The molecule has 0 heterocycles. The van der Waals surface area contributed by atoms with Crippen molar-refractivity contribution in [2.24, 2.45) is 0 Å². The molecule has 0 amide bonds. The van der Waals surface area contributed by atoms with Gasteiger partial charge in [0.2, 0.25) is 0 Å². The molecule has 224 valence electrons. The number of carboxylic acid groups (broad SMARTS) is 1. The maximum atomic E-state index is 12.5. The van der Waals surface area contributed by atoms with E-state index in [0.717, 1.165) is 51.6 Å². The Labute approximate surface area is 235 Å². The highest BCUT2D eigenvalue weighted by atomic mass is 16.5. The van der Waals surface area contributed by atoms with Crippen LogP contribution in [0.2, 0.25) is 0 Å². The first kappa shape index (κ1) is 36.6. The molecule has 0 bridgehead atoms. The number of esters is 1. The summed E-state index contributed by atoms with van der Waals surface area (Å²) in [7, 11) is 0. The second kappa shape index (κ2) is 28.6. The van der Waals surface area contributed by atoms with Crippen LogP contribution in [0.25, 0.3) is 0 Å². The molecule has 0 saturated heterocycles. The molecule has 0 fully saturated rings. The van der Waals surface area contributed by atoms with Crippen LogP contribution in [-0.2, 0) is 14.3 Å². The van der Waals surface area contributed by atoms with Crippen molar-refractivity contribution in [2.45, 2.75) is 149 Å². The van der Waals surface area contributed by atoms with Crippen molar-refractivity contribution in [3.8, 4) is 0 Å². The van der Waals surface area contributed by atoms with E-state index >= 15 is 0 Å². The van der Waals surface area contributed by atoms with Crippen LogP contribution in [0.15, 0.2) is 12.2 Å². The number of carbonyl (C=O) groups excluding carboxylic acids is 1. The molecule has 0 spiro atoms. The van der Waals surface area contributed by atoms with Gasteiger partial charge in [-0.25, -0.2) is 0 Å². The second-order valence-electron chi connectivity index (χ2n) is 10.8. The lowest BCUT2D eigenvalue weighted by atomic mass is 10.1. The Hall–Kier alpha value is -1.40. The van der Waals surface area contributed by atoms with E-state index in [0.29, 0.717) is 19.7 Å². The Morgan fingerprint density at radius 2 is 1.21 bits per heavy atom. The van der Waals surface area contributed by atoms with Gasteiger partial charge in [-0.05, 0) is 64.6 Å². The monoisotopic (exact) mass is 538 g/mol. The van der Waals surface area contributed by atoms with Gasteiger partial charge in [0.1, 0.15) is 12.6 Å². The smallest absolute Gasteiger partial charge is 0.323 e. The number of carboxylic acids is 1. The fraction of sp³-hybridized carbons (Fsp3) is 0.875. The van der Waals surface area contributed by atoms with Gasteiger partial charge in [0.25, 0.3) is 0 Å². The number of unbranched alkanes of at least 4 members (excludes halogenated alkanes) is 14. The van der Waals surface area contributed by atoms with Gasteiger partial charge < -0.3 is 15.2 Å². The van der Waals surface area contributed by atoms with Crippen LogP contribution < -0.4 is 5.32 Å². The SMILES string of the molecule is CCCCCCCC/C=C\CCCCCCCCNC(CC(=O)O)C(=O)OCCN(CCCC)CCCC. The molecule has 2 N–H and O–H groups in total. The fourth-order valence-electron chi connectivity index (χ4n) is 4.54. The van der Waals surface area contributed by atoms with E-state index in [1.54, 1.807) is 0 Å². The number of nitrogens with zero attached hydrogens (tertiary/aromatic N) is 1. The van der Waals surface area contributed by atoms with Crippen molar-refractivity contribution in [2.75, 3.05) is 32.8 Å². The predicted molar refractivity (Wildman–Crippen MR) is 161 cm³/mol. The van der Waals surface area contributed by atoms with Gasteiger partial charge in [-0.3, -0.25) is 14.5 Å². The average molecular weight is 539 g/mol. The molecule has 0 aromatic heterocycles. The number of hydrogen-bond donors (Lipinski definition) is 2. The zero-order valence-electron chi connectivity index (χ0n) is 25.3. The largest absolute Gasteiger partial charge is 0.481 e. The molecule has 0 saturated carbocycles. The number of ether oxygens (including phenoxy) is 1. The molecule has 0 aromatic rings. The molecule has 0 rings (SSSR count). The van der Waals surface area contributed by atoms with E-state index in [2.05, 4.69) is 43.1 Å². The number of nitrogens with one attached hydrogen (secondary N) is 1. The minimum absolute atomic E-state index is 0.236. The Morgan fingerprint density at radius 1 is 0.711 bits per heavy atom. The van der Waals surface area contributed by atoms with Crippen LogP contribution in [0, 0.1) is 0 Å². The fourth-order valence-corrected chi connectivity index (χ4v) is 4.54. The van der Waals surface area contributed by atoms with Gasteiger partial charge in [-0.15, -0.1) is 0 Å². The number of aliphatic carboxylic acids is 1. The molecular formula is C32H62N2O4. The molecule has 6 nitrogen and oxygen atoms in total. The van der Waals surface area contributed by atoms with E-state index in [9.17, 15) is 14.7 Å². The summed E-state index contributed by atoms with van der Waals surface area (Å²) in [6.07, 6.45) is 26.6. The third-order valence-electron chi connectivity index (χ3n) is 7.05. The summed E-state index contributed by atoms with van der Waals surface area (Å²) >= 11 is 0. The van der Waals surface area contributed by atoms with Crippen molar-refractivity contribution in [1.29, 1.82) is 0 Å². The zero-order chi connectivity index (χ0) is 28.1. The minimum Gasteiger partial charge on any atom is -0.481 e. The maximum absolute atomic E-state index is 12.5. The van der Waals surface area contributed by atoms with E-state index < -0.39 is 18.0 Å². The molecule has 1 unspecified atom stereocenters.